The van der Waals surface area contributed by atoms with Crippen LogP contribution in [-0.2, 0) is 16.1 Å². The standard InChI is InChI=1S/C20H20N6O3S2/c21-16-14-4-1-5-22-19(14)31-17(16)18-23-24-20(26(18)11-13-3-2-8-29-13)30-12-15(27)25-6-9-28-10-7-25/h1-5,8H,6-7,9-12,21H2. The number of carbonyl (C=O) groups excluding carboxylic acids is 1. The maximum absolute atomic E-state index is 12.6. The Bertz CT molecular complexity index is 1200. The van der Waals surface area contributed by atoms with Crippen LogP contribution in [0, 0.1) is 0 Å². The van der Waals surface area contributed by atoms with Gasteiger partial charge >= 0.3 is 0 Å². The van der Waals surface area contributed by atoms with Crippen LogP contribution < -0.4 is 5.73 Å². The number of rotatable bonds is 6. The molecule has 0 spiro atoms. The molecule has 5 rings (SSSR count). The van der Waals surface area contributed by atoms with Crippen LogP contribution in [0.3, 0.4) is 0 Å². The van der Waals surface area contributed by atoms with Gasteiger partial charge in [-0.3, -0.25) is 9.36 Å². The van der Waals surface area contributed by atoms with E-state index in [0.717, 1.165) is 20.9 Å². The molecule has 0 aromatic carbocycles. The Kier molecular flexibility index (Phi) is 5.62. The van der Waals surface area contributed by atoms with E-state index >= 15 is 0 Å². The zero-order chi connectivity index (χ0) is 21.2. The van der Waals surface area contributed by atoms with Crippen LogP contribution in [0.5, 0.6) is 0 Å². The number of thiophene rings is 1. The van der Waals surface area contributed by atoms with E-state index in [-0.39, 0.29) is 11.7 Å². The lowest BCUT2D eigenvalue weighted by Crippen LogP contribution is -2.41. The zero-order valence-corrected chi connectivity index (χ0v) is 18.2. The number of furan rings is 1. The van der Waals surface area contributed by atoms with Gasteiger partial charge in [0.2, 0.25) is 5.91 Å². The van der Waals surface area contributed by atoms with Crippen molar-refractivity contribution < 1.29 is 13.9 Å². The fourth-order valence-electron chi connectivity index (χ4n) is 3.41. The quantitative estimate of drug-likeness (QED) is 0.441. The first-order chi connectivity index (χ1) is 15.2. The molecular formula is C20H20N6O3S2. The Hall–Kier alpha value is -2.89. The van der Waals surface area contributed by atoms with Crippen LogP contribution in [0.1, 0.15) is 5.76 Å². The first-order valence-corrected chi connectivity index (χ1v) is 11.6. The molecule has 2 N–H and O–H groups in total. The summed E-state index contributed by atoms with van der Waals surface area (Å²) in [6, 6.07) is 7.54. The first kappa shape index (κ1) is 20.0. The number of amides is 1. The number of nitrogens with two attached hydrogens (primary N) is 1. The van der Waals surface area contributed by atoms with Crippen molar-refractivity contribution in [1.29, 1.82) is 0 Å². The Morgan fingerprint density at radius 2 is 2.10 bits per heavy atom. The normalized spacial score (nSPS) is 14.4. The number of aromatic nitrogens is 4. The van der Waals surface area contributed by atoms with Crippen LogP contribution >= 0.6 is 23.1 Å². The molecule has 9 nitrogen and oxygen atoms in total. The lowest BCUT2D eigenvalue weighted by molar-refractivity contribution is -0.132. The van der Waals surface area contributed by atoms with E-state index in [0.29, 0.717) is 49.5 Å². The Morgan fingerprint density at radius 3 is 2.87 bits per heavy atom. The monoisotopic (exact) mass is 456 g/mol. The minimum absolute atomic E-state index is 0.0629. The number of fused-ring (bicyclic) bond motifs is 1. The minimum Gasteiger partial charge on any atom is -0.467 e. The molecule has 4 aromatic rings. The van der Waals surface area contributed by atoms with Crippen molar-refractivity contribution in [3.63, 3.8) is 0 Å². The van der Waals surface area contributed by atoms with Gasteiger partial charge in [0, 0.05) is 24.7 Å². The van der Waals surface area contributed by atoms with E-state index in [1.54, 1.807) is 12.5 Å². The molecule has 0 bridgehead atoms. The van der Waals surface area contributed by atoms with E-state index in [4.69, 9.17) is 14.9 Å². The largest absolute Gasteiger partial charge is 0.467 e. The summed E-state index contributed by atoms with van der Waals surface area (Å²) in [7, 11) is 0. The first-order valence-electron chi connectivity index (χ1n) is 9.78. The van der Waals surface area contributed by atoms with E-state index in [2.05, 4.69) is 15.2 Å². The summed E-state index contributed by atoms with van der Waals surface area (Å²) in [5.41, 5.74) is 7.06. The predicted molar refractivity (Wildman–Crippen MR) is 119 cm³/mol. The highest BCUT2D eigenvalue weighted by Gasteiger charge is 2.23. The summed E-state index contributed by atoms with van der Waals surface area (Å²) in [4.78, 5) is 20.5. The SMILES string of the molecule is Nc1c(-c2nnc(SCC(=O)N3CCOCC3)n2Cc2ccco2)sc2ncccc12. The van der Waals surface area contributed by atoms with Gasteiger partial charge in [-0.25, -0.2) is 4.98 Å². The molecule has 5 heterocycles. The molecule has 0 aliphatic carbocycles. The number of anilines is 1. The van der Waals surface area contributed by atoms with Crippen LogP contribution in [0.2, 0.25) is 0 Å². The third-order valence-corrected chi connectivity index (χ3v) is 7.08. The molecule has 0 saturated carbocycles. The number of nitrogens with zero attached hydrogens (tertiary/aromatic N) is 5. The molecule has 11 heteroatoms. The van der Waals surface area contributed by atoms with Crippen LogP contribution in [-0.4, -0.2) is 62.6 Å². The molecule has 4 aromatic heterocycles. The maximum atomic E-state index is 12.6. The van der Waals surface area contributed by atoms with E-state index in [1.165, 1.54) is 23.1 Å². The van der Waals surface area contributed by atoms with Crippen molar-refractivity contribution in [1.82, 2.24) is 24.6 Å². The number of carbonyl (C=O) groups is 1. The van der Waals surface area contributed by atoms with Gasteiger partial charge in [-0.15, -0.1) is 21.5 Å². The second-order valence-corrected chi connectivity index (χ2v) is 8.90. The number of hydrogen-bond acceptors (Lipinski definition) is 9. The molecule has 0 unspecified atom stereocenters. The summed E-state index contributed by atoms with van der Waals surface area (Å²) in [5, 5.41) is 10.3. The molecule has 31 heavy (non-hydrogen) atoms. The van der Waals surface area contributed by atoms with Crippen LogP contribution in [0.25, 0.3) is 20.9 Å². The molecule has 160 valence electrons. The second-order valence-electron chi connectivity index (χ2n) is 6.95. The van der Waals surface area contributed by atoms with Gasteiger partial charge in [-0.1, -0.05) is 11.8 Å². The maximum Gasteiger partial charge on any atom is 0.233 e. The van der Waals surface area contributed by atoms with Crippen LogP contribution in [0.4, 0.5) is 5.69 Å². The topological polar surface area (TPSA) is 112 Å². The fraction of sp³-hybridized carbons (Fsp3) is 0.300. The lowest BCUT2D eigenvalue weighted by atomic mass is 10.2. The van der Waals surface area contributed by atoms with Gasteiger partial charge in [-0.05, 0) is 24.3 Å². The number of pyridine rings is 1. The summed E-state index contributed by atoms with van der Waals surface area (Å²) >= 11 is 2.84. The third kappa shape index (κ3) is 4.03. The van der Waals surface area contributed by atoms with Gasteiger partial charge < -0.3 is 19.8 Å². The van der Waals surface area contributed by atoms with E-state index in [9.17, 15) is 4.79 Å². The molecule has 0 atom stereocenters. The molecule has 1 fully saturated rings. The van der Waals surface area contributed by atoms with Gasteiger partial charge in [0.15, 0.2) is 11.0 Å². The van der Waals surface area contributed by atoms with Crippen molar-refractivity contribution in [3.8, 4) is 10.7 Å². The van der Waals surface area contributed by atoms with Gasteiger partial charge in [0.25, 0.3) is 0 Å². The molecular weight excluding hydrogens is 436 g/mol. The van der Waals surface area contributed by atoms with Gasteiger partial charge in [0.1, 0.15) is 10.6 Å². The van der Waals surface area contributed by atoms with E-state index < -0.39 is 0 Å². The molecule has 0 radical (unpaired) electrons. The van der Waals surface area contributed by atoms with Crippen molar-refractivity contribution >= 4 is 44.9 Å². The average Bonchev–Trinajstić information content (AvgIpc) is 3.53. The van der Waals surface area contributed by atoms with Gasteiger partial charge in [-0.2, -0.15) is 0 Å². The number of ether oxygens (including phenoxy) is 1. The Balaban J connectivity index is 1.46. The number of morpholine rings is 1. The highest BCUT2D eigenvalue weighted by Crippen LogP contribution is 2.40. The van der Waals surface area contributed by atoms with E-state index in [1.807, 2.05) is 33.7 Å². The second kappa shape index (κ2) is 8.69. The molecule has 1 amide bonds. The summed E-state index contributed by atoms with van der Waals surface area (Å²) < 4.78 is 12.8. The predicted octanol–water partition coefficient (Wildman–Crippen LogP) is 2.73. The Morgan fingerprint density at radius 1 is 1.23 bits per heavy atom. The summed E-state index contributed by atoms with van der Waals surface area (Å²) in [6.07, 6.45) is 3.38. The average molecular weight is 457 g/mol. The Labute approximate surface area is 186 Å². The molecule has 1 saturated heterocycles. The van der Waals surface area contributed by atoms with Crippen molar-refractivity contribution in [2.24, 2.45) is 0 Å². The zero-order valence-electron chi connectivity index (χ0n) is 16.6. The molecule has 1 aliphatic heterocycles. The highest BCUT2D eigenvalue weighted by molar-refractivity contribution is 7.99. The fourth-order valence-corrected chi connectivity index (χ4v) is 5.31. The van der Waals surface area contributed by atoms with Crippen molar-refractivity contribution in [3.05, 3.63) is 42.5 Å². The molecule has 1 aliphatic rings. The summed E-state index contributed by atoms with van der Waals surface area (Å²) in [5.74, 6) is 1.74. The van der Waals surface area contributed by atoms with Crippen LogP contribution in [0.15, 0.2) is 46.3 Å². The number of nitrogen functional groups attached to an aromatic ring is 1. The lowest BCUT2D eigenvalue weighted by Gasteiger charge is -2.26. The third-order valence-electron chi connectivity index (χ3n) is 5.01. The highest BCUT2D eigenvalue weighted by atomic mass is 32.2. The summed E-state index contributed by atoms with van der Waals surface area (Å²) in [6.45, 7) is 2.83. The number of thioether (sulfide) groups is 1. The van der Waals surface area contributed by atoms with Gasteiger partial charge in [0.05, 0.1) is 42.3 Å². The van der Waals surface area contributed by atoms with Crippen molar-refractivity contribution in [2.75, 3.05) is 37.8 Å². The number of hydrogen-bond donors (Lipinski definition) is 1. The van der Waals surface area contributed by atoms with Crippen molar-refractivity contribution in [2.45, 2.75) is 11.7 Å². The minimum atomic E-state index is 0.0629. The smallest absolute Gasteiger partial charge is 0.233 e.